The Bertz CT molecular complexity index is 1580. The van der Waals surface area contributed by atoms with E-state index >= 15 is 0 Å². The number of hydrogen-bond acceptors (Lipinski definition) is 8. The van der Waals surface area contributed by atoms with Crippen molar-refractivity contribution in [1.82, 2.24) is 4.57 Å². The van der Waals surface area contributed by atoms with Crippen LogP contribution in [0.15, 0.2) is 69.6 Å². The minimum absolute atomic E-state index is 0.0374. The SMILES string of the molecule is CCOC(=O)C1=C(C)N=c2sc(=Cc3cc([N+](=O)[O-])ccc3N3CCCC3)c(=O)n2[C@@H]1c1ccccc1. The molecule has 0 saturated carbocycles. The standard InChI is InChI=1S/C27H26N4O5S/c1-3-36-26(33)23-17(2)28-27-30(24(23)18-9-5-4-6-10-18)25(32)22(37-27)16-19-15-20(31(34)35)11-12-21(19)29-13-7-8-14-29/h4-6,9-12,15-16,24H,3,7-8,13-14H2,1-2H3/t24-/m1/s1. The van der Waals surface area contributed by atoms with Gasteiger partial charge >= 0.3 is 5.97 Å². The Labute approximate surface area is 216 Å². The zero-order valence-electron chi connectivity index (χ0n) is 20.5. The lowest BCUT2D eigenvalue weighted by Gasteiger charge is -2.24. The van der Waals surface area contributed by atoms with Crippen LogP contribution in [0.4, 0.5) is 11.4 Å². The first-order valence-electron chi connectivity index (χ1n) is 12.2. The Balaban J connectivity index is 1.72. The molecule has 1 saturated heterocycles. The highest BCUT2D eigenvalue weighted by Gasteiger charge is 2.33. The number of aromatic nitrogens is 1. The lowest BCUT2D eigenvalue weighted by atomic mass is 9.96. The molecule has 2 aliphatic heterocycles. The van der Waals surface area contributed by atoms with E-state index in [2.05, 4.69) is 9.89 Å². The van der Waals surface area contributed by atoms with Crippen molar-refractivity contribution in [2.45, 2.75) is 32.7 Å². The van der Waals surface area contributed by atoms with Crippen LogP contribution in [0.25, 0.3) is 6.08 Å². The van der Waals surface area contributed by atoms with E-state index in [0.29, 0.717) is 26.2 Å². The van der Waals surface area contributed by atoms with E-state index in [0.717, 1.165) is 37.2 Å². The summed E-state index contributed by atoms with van der Waals surface area (Å²) in [5.74, 6) is -0.512. The number of carbonyl (C=O) groups excluding carboxylic acids is 1. The third kappa shape index (κ3) is 4.60. The van der Waals surface area contributed by atoms with Crippen LogP contribution in [0.2, 0.25) is 0 Å². The summed E-state index contributed by atoms with van der Waals surface area (Å²) < 4.78 is 7.24. The van der Waals surface area contributed by atoms with Crippen molar-refractivity contribution >= 4 is 34.8 Å². The van der Waals surface area contributed by atoms with Gasteiger partial charge in [-0.15, -0.1) is 0 Å². The number of carbonyl (C=O) groups is 1. The van der Waals surface area contributed by atoms with Crippen LogP contribution >= 0.6 is 11.3 Å². The van der Waals surface area contributed by atoms with Crippen LogP contribution in [0, 0.1) is 10.1 Å². The molecular weight excluding hydrogens is 492 g/mol. The number of benzene rings is 2. The van der Waals surface area contributed by atoms with Crippen molar-refractivity contribution < 1.29 is 14.5 Å². The Hall–Kier alpha value is -4.05. The highest BCUT2D eigenvalue weighted by Crippen LogP contribution is 2.31. The fourth-order valence-corrected chi connectivity index (χ4v) is 5.94. The molecule has 3 heterocycles. The van der Waals surface area contributed by atoms with E-state index in [1.54, 1.807) is 26.0 Å². The lowest BCUT2D eigenvalue weighted by molar-refractivity contribution is -0.384. The number of allylic oxidation sites excluding steroid dienone is 1. The number of fused-ring (bicyclic) bond motifs is 1. The summed E-state index contributed by atoms with van der Waals surface area (Å²) in [5.41, 5.74) is 2.69. The second-order valence-corrected chi connectivity index (χ2v) is 9.92. The fourth-order valence-electron chi connectivity index (χ4n) is 4.90. The maximum Gasteiger partial charge on any atom is 0.338 e. The zero-order chi connectivity index (χ0) is 26.1. The number of rotatable bonds is 6. The Morgan fingerprint density at radius 1 is 1.22 bits per heavy atom. The molecule has 9 nitrogen and oxygen atoms in total. The molecule has 2 aliphatic rings. The smallest absolute Gasteiger partial charge is 0.338 e. The van der Waals surface area contributed by atoms with Gasteiger partial charge in [0.25, 0.3) is 11.2 Å². The van der Waals surface area contributed by atoms with Crippen LogP contribution in [0.3, 0.4) is 0 Å². The normalized spacial score (nSPS) is 17.5. The quantitative estimate of drug-likeness (QED) is 0.282. The molecule has 2 aromatic carbocycles. The van der Waals surface area contributed by atoms with E-state index in [-0.39, 0.29) is 17.9 Å². The third-order valence-electron chi connectivity index (χ3n) is 6.59. The molecule has 190 valence electrons. The molecule has 10 heteroatoms. The van der Waals surface area contributed by atoms with Gasteiger partial charge in [0.05, 0.1) is 33.4 Å². The highest BCUT2D eigenvalue weighted by molar-refractivity contribution is 7.07. The van der Waals surface area contributed by atoms with Gasteiger partial charge in [-0.3, -0.25) is 19.5 Å². The number of thiazole rings is 1. The summed E-state index contributed by atoms with van der Waals surface area (Å²) in [6, 6.07) is 13.4. The van der Waals surface area contributed by atoms with Crippen LogP contribution in [-0.4, -0.2) is 35.2 Å². The second-order valence-electron chi connectivity index (χ2n) is 8.91. The first kappa shape index (κ1) is 24.6. The van der Waals surface area contributed by atoms with Crippen molar-refractivity contribution in [2.24, 2.45) is 4.99 Å². The van der Waals surface area contributed by atoms with E-state index in [4.69, 9.17) is 4.74 Å². The molecule has 0 spiro atoms. The number of non-ortho nitro benzene ring substituents is 1. The first-order valence-corrected chi connectivity index (χ1v) is 13.0. The van der Waals surface area contributed by atoms with Crippen LogP contribution in [0.1, 0.15) is 43.9 Å². The molecule has 3 aromatic rings. The molecule has 37 heavy (non-hydrogen) atoms. The predicted molar refractivity (Wildman–Crippen MR) is 141 cm³/mol. The van der Waals surface area contributed by atoms with Crippen LogP contribution < -0.4 is 19.8 Å². The van der Waals surface area contributed by atoms with Gasteiger partial charge < -0.3 is 9.64 Å². The summed E-state index contributed by atoms with van der Waals surface area (Å²) in [7, 11) is 0. The zero-order valence-corrected chi connectivity index (χ0v) is 21.4. The monoisotopic (exact) mass is 518 g/mol. The number of nitrogens with zero attached hydrogens (tertiary/aromatic N) is 4. The summed E-state index contributed by atoms with van der Waals surface area (Å²) in [4.78, 5) is 45.1. The predicted octanol–water partition coefficient (Wildman–Crippen LogP) is 3.31. The Kier molecular flexibility index (Phi) is 6.75. The van der Waals surface area contributed by atoms with Crippen LogP contribution in [0.5, 0.6) is 0 Å². The van der Waals surface area contributed by atoms with Crippen LogP contribution in [-0.2, 0) is 9.53 Å². The van der Waals surface area contributed by atoms with Crippen molar-refractivity contribution in [3.8, 4) is 0 Å². The van der Waals surface area contributed by atoms with Gasteiger partial charge in [-0.1, -0.05) is 41.7 Å². The molecule has 1 atom stereocenters. The minimum Gasteiger partial charge on any atom is -0.463 e. The number of ether oxygens (including phenoxy) is 1. The number of anilines is 1. The molecule has 5 rings (SSSR count). The molecule has 0 N–H and O–H groups in total. The molecule has 0 aliphatic carbocycles. The average molecular weight is 519 g/mol. The average Bonchev–Trinajstić information content (AvgIpc) is 3.52. The first-order chi connectivity index (χ1) is 17.9. The number of nitro benzene ring substituents is 1. The van der Waals surface area contributed by atoms with Gasteiger partial charge in [-0.25, -0.2) is 9.79 Å². The summed E-state index contributed by atoms with van der Waals surface area (Å²) in [6.45, 7) is 5.39. The van der Waals surface area contributed by atoms with Crippen molar-refractivity contribution in [2.75, 3.05) is 24.6 Å². The number of hydrogen-bond donors (Lipinski definition) is 0. The van der Waals surface area contributed by atoms with Crippen molar-refractivity contribution in [3.63, 3.8) is 0 Å². The lowest BCUT2D eigenvalue weighted by Crippen LogP contribution is -2.39. The van der Waals surface area contributed by atoms with Crippen molar-refractivity contribution in [1.29, 1.82) is 0 Å². The molecular formula is C27H26N4O5S. The molecule has 0 radical (unpaired) electrons. The summed E-state index contributed by atoms with van der Waals surface area (Å²) in [6.07, 6.45) is 3.80. The largest absolute Gasteiger partial charge is 0.463 e. The van der Waals surface area contributed by atoms with E-state index < -0.39 is 16.9 Å². The summed E-state index contributed by atoms with van der Waals surface area (Å²) in [5, 5.41) is 11.5. The molecule has 0 unspecified atom stereocenters. The Morgan fingerprint density at radius 2 is 1.95 bits per heavy atom. The van der Waals surface area contributed by atoms with E-state index in [1.807, 2.05) is 30.3 Å². The van der Waals surface area contributed by atoms with E-state index in [9.17, 15) is 19.7 Å². The van der Waals surface area contributed by atoms with Gasteiger partial charge in [-0.2, -0.15) is 0 Å². The highest BCUT2D eigenvalue weighted by atomic mass is 32.1. The molecule has 1 fully saturated rings. The topological polar surface area (TPSA) is 107 Å². The number of esters is 1. The van der Waals surface area contributed by atoms with Gasteiger partial charge in [0.15, 0.2) is 4.80 Å². The summed E-state index contributed by atoms with van der Waals surface area (Å²) >= 11 is 1.21. The van der Waals surface area contributed by atoms with Gasteiger partial charge in [0, 0.05) is 36.5 Å². The van der Waals surface area contributed by atoms with Crippen molar-refractivity contribution in [3.05, 3.63) is 101 Å². The molecule has 1 aromatic heterocycles. The van der Waals surface area contributed by atoms with Gasteiger partial charge in [0.1, 0.15) is 0 Å². The molecule has 0 bridgehead atoms. The van der Waals surface area contributed by atoms with Gasteiger partial charge in [-0.05, 0) is 44.4 Å². The third-order valence-corrected chi connectivity index (χ3v) is 7.57. The molecule has 0 amide bonds. The minimum atomic E-state index is -0.693. The Morgan fingerprint density at radius 3 is 2.62 bits per heavy atom. The van der Waals surface area contributed by atoms with Gasteiger partial charge in [0.2, 0.25) is 0 Å². The number of nitro groups is 1. The maximum atomic E-state index is 13.8. The van der Waals surface area contributed by atoms with E-state index in [1.165, 1.54) is 28.0 Å². The maximum absolute atomic E-state index is 13.8. The fraction of sp³-hybridized carbons (Fsp3) is 0.296. The second kappa shape index (κ2) is 10.1.